The molecule has 5 nitrogen and oxygen atoms in total. The molecule has 140 valence electrons. The van der Waals surface area contributed by atoms with Crippen molar-refractivity contribution in [2.45, 2.75) is 13.2 Å². The number of halogens is 4. The lowest BCUT2D eigenvalue weighted by atomic mass is 10.2. The van der Waals surface area contributed by atoms with E-state index < -0.39 is 12.5 Å². The Morgan fingerprint density at radius 3 is 2.67 bits per heavy atom. The van der Waals surface area contributed by atoms with Crippen LogP contribution in [0.3, 0.4) is 0 Å². The average molecular weight is 412 g/mol. The lowest BCUT2D eigenvalue weighted by Crippen LogP contribution is -2.11. The topological polar surface area (TPSA) is 56.1 Å². The molecule has 9 heteroatoms. The number of rotatable bonds is 6. The Bertz CT molecular complexity index is 963. The summed E-state index contributed by atoms with van der Waals surface area (Å²) in [6.45, 7) is -2.56. The summed E-state index contributed by atoms with van der Waals surface area (Å²) in [5, 5.41) is 7.34. The van der Waals surface area contributed by atoms with Crippen LogP contribution < -0.4 is 10.1 Å². The second-order valence-corrected chi connectivity index (χ2v) is 6.31. The highest BCUT2D eigenvalue weighted by atomic mass is 35.5. The van der Waals surface area contributed by atoms with Crippen LogP contribution in [0.25, 0.3) is 0 Å². The number of benzene rings is 2. The number of hydrogen-bond donors (Lipinski definition) is 1. The van der Waals surface area contributed by atoms with E-state index in [9.17, 15) is 13.6 Å². The van der Waals surface area contributed by atoms with Crippen molar-refractivity contribution in [3.63, 3.8) is 0 Å². The van der Waals surface area contributed by atoms with Gasteiger partial charge in [0, 0.05) is 16.9 Å². The van der Waals surface area contributed by atoms with Gasteiger partial charge in [-0.05, 0) is 29.8 Å². The van der Waals surface area contributed by atoms with E-state index in [0.29, 0.717) is 22.8 Å². The molecule has 0 saturated carbocycles. The second-order valence-electron chi connectivity index (χ2n) is 5.50. The van der Waals surface area contributed by atoms with Crippen molar-refractivity contribution < 1.29 is 18.3 Å². The van der Waals surface area contributed by atoms with Crippen molar-refractivity contribution in [1.82, 2.24) is 9.78 Å². The maximum Gasteiger partial charge on any atom is 0.387 e. The summed E-state index contributed by atoms with van der Waals surface area (Å²) in [5.41, 5.74) is 1.53. The van der Waals surface area contributed by atoms with Crippen molar-refractivity contribution in [1.29, 1.82) is 0 Å². The number of amides is 1. The Morgan fingerprint density at radius 2 is 1.96 bits per heavy atom. The molecule has 0 aliphatic heterocycles. The minimum Gasteiger partial charge on any atom is -0.433 e. The molecular weight excluding hydrogens is 399 g/mol. The average Bonchev–Trinajstić information content (AvgIpc) is 3.08. The van der Waals surface area contributed by atoms with Gasteiger partial charge < -0.3 is 10.1 Å². The highest BCUT2D eigenvalue weighted by Crippen LogP contribution is 2.29. The smallest absolute Gasteiger partial charge is 0.387 e. The summed E-state index contributed by atoms with van der Waals surface area (Å²) in [6, 6.07) is 11.3. The normalized spacial score (nSPS) is 10.9. The quantitative estimate of drug-likeness (QED) is 0.614. The summed E-state index contributed by atoms with van der Waals surface area (Å²) in [6.07, 6.45) is 3.00. The number of nitrogens with zero attached hydrogens (tertiary/aromatic N) is 2. The van der Waals surface area contributed by atoms with Gasteiger partial charge in [0.15, 0.2) is 0 Å². The van der Waals surface area contributed by atoms with Gasteiger partial charge in [0.25, 0.3) is 5.91 Å². The standard InChI is InChI=1S/C18H13Cl2F2N3O2/c19-14-4-2-1-3-11(14)9-25-10-12(8-23-25)17(26)24-13-5-6-16(15(20)7-13)27-18(21)22/h1-8,10,18H,9H2,(H,24,26). The first-order chi connectivity index (χ1) is 12.9. The summed E-state index contributed by atoms with van der Waals surface area (Å²) in [4.78, 5) is 12.3. The highest BCUT2D eigenvalue weighted by Gasteiger charge is 2.13. The molecule has 0 spiro atoms. The number of anilines is 1. The van der Waals surface area contributed by atoms with E-state index in [0.717, 1.165) is 5.56 Å². The largest absolute Gasteiger partial charge is 0.433 e. The van der Waals surface area contributed by atoms with Crippen LogP contribution in [-0.2, 0) is 6.54 Å². The molecule has 3 aromatic rings. The molecule has 0 aliphatic carbocycles. The van der Waals surface area contributed by atoms with Gasteiger partial charge in [-0.2, -0.15) is 13.9 Å². The predicted octanol–water partition coefficient (Wildman–Crippen LogP) is 5.09. The SMILES string of the molecule is O=C(Nc1ccc(OC(F)F)c(Cl)c1)c1cnn(Cc2ccccc2Cl)c1. The zero-order valence-corrected chi connectivity index (χ0v) is 15.2. The van der Waals surface area contributed by atoms with Gasteiger partial charge in [-0.25, -0.2) is 0 Å². The van der Waals surface area contributed by atoms with Gasteiger partial charge >= 0.3 is 6.61 Å². The lowest BCUT2D eigenvalue weighted by Gasteiger charge is -2.09. The van der Waals surface area contributed by atoms with E-state index in [4.69, 9.17) is 23.2 Å². The van der Waals surface area contributed by atoms with Gasteiger partial charge in [-0.1, -0.05) is 41.4 Å². The fourth-order valence-electron chi connectivity index (χ4n) is 2.34. The Labute approximate surface area is 163 Å². The molecule has 0 unspecified atom stereocenters. The summed E-state index contributed by atoms with van der Waals surface area (Å²) >= 11 is 12.0. The van der Waals surface area contributed by atoms with Crippen LogP contribution in [-0.4, -0.2) is 22.3 Å². The maximum absolute atomic E-state index is 12.3. The van der Waals surface area contributed by atoms with Crippen LogP contribution in [0.1, 0.15) is 15.9 Å². The maximum atomic E-state index is 12.3. The number of hydrogen-bond acceptors (Lipinski definition) is 3. The Balaban J connectivity index is 1.68. The van der Waals surface area contributed by atoms with Crippen LogP contribution in [0, 0.1) is 0 Å². The Hall–Kier alpha value is -2.64. The van der Waals surface area contributed by atoms with Gasteiger partial charge in [-0.15, -0.1) is 0 Å². The van der Waals surface area contributed by atoms with Gasteiger partial charge in [-0.3, -0.25) is 9.48 Å². The molecule has 1 amide bonds. The number of carbonyl (C=O) groups excluding carboxylic acids is 1. The number of alkyl halides is 2. The minimum absolute atomic E-state index is 0.0393. The third-order valence-corrected chi connectivity index (χ3v) is 4.26. The summed E-state index contributed by atoms with van der Waals surface area (Å²) < 4.78 is 30.3. The van der Waals surface area contributed by atoms with Crippen LogP contribution in [0.4, 0.5) is 14.5 Å². The molecule has 0 bridgehead atoms. The van der Waals surface area contributed by atoms with Crippen LogP contribution in [0.5, 0.6) is 5.75 Å². The summed E-state index contributed by atoms with van der Waals surface area (Å²) in [5.74, 6) is -0.587. The van der Waals surface area contributed by atoms with Gasteiger partial charge in [0.2, 0.25) is 0 Å². The molecule has 0 aliphatic rings. The Kier molecular flexibility index (Phi) is 5.93. The molecule has 1 aromatic heterocycles. The Morgan fingerprint density at radius 1 is 1.19 bits per heavy atom. The van der Waals surface area contributed by atoms with Crippen LogP contribution >= 0.6 is 23.2 Å². The molecule has 0 fully saturated rings. The predicted molar refractivity (Wildman–Crippen MR) is 98.8 cm³/mol. The van der Waals surface area contributed by atoms with Crippen LogP contribution in [0.15, 0.2) is 54.9 Å². The highest BCUT2D eigenvalue weighted by molar-refractivity contribution is 6.32. The molecule has 3 rings (SSSR count). The lowest BCUT2D eigenvalue weighted by molar-refractivity contribution is -0.0497. The first-order valence-corrected chi connectivity index (χ1v) is 8.49. The molecule has 1 heterocycles. The number of carbonyl (C=O) groups is 1. The molecular formula is C18H13Cl2F2N3O2. The van der Waals surface area contributed by atoms with Crippen molar-refractivity contribution in [2.75, 3.05) is 5.32 Å². The van der Waals surface area contributed by atoms with Gasteiger partial charge in [0.1, 0.15) is 5.75 Å². The number of aromatic nitrogens is 2. The fourth-order valence-corrected chi connectivity index (χ4v) is 2.76. The second kappa shape index (κ2) is 8.37. The van der Waals surface area contributed by atoms with E-state index in [-0.39, 0.29) is 10.8 Å². The molecule has 1 N–H and O–H groups in total. The van der Waals surface area contributed by atoms with E-state index >= 15 is 0 Å². The van der Waals surface area contributed by atoms with Crippen molar-refractivity contribution in [3.8, 4) is 5.75 Å². The molecule has 2 aromatic carbocycles. The number of ether oxygens (including phenoxy) is 1. The molecule has 0 radical (unpaired) electrons. The fraction of sp³-hybridized carbons (Fsp3) is 0.111. The van der Waals surface area contributed by atoms with Crippen molar-refractivity contribution in [3.05, 3.63) is 76.0 Å². The third-order valence-electron chi connectivity index (χ3n) is 3.59. The first-order valence-electron chi connectivity index (χ1n) is 7.74. The minimum atomic E-state index is -2.98. The zero-order chi connectivity index (χ0) is 19.4. The van der Waals surface area contributed by atoms with Crippen molar-refractivity contribution >= 4 is 34.8 Å². The molecule has 27 heavy (non-hydrogen) atoms. The van der Waals surface area contributed by atoms with E-state index in [1.54, 1.807) is 16.9 Å². The zero-order valence-electron chi connectivity index (χ0n) is 13.7. The number of nitrogens with one attached hydrogen (secondary N) is 1. The summed E-state index contributed by atoms with van der Waals surface area (Å²) in [7, 11) is 0. The first kappa shape index (κ1) is 19.1. The van der Waals surface area contributed by atoms with Crippen LogP contribution in [0.2, 0.25) is 10.0 Å². The van der Waals surface area contributed by atoms with E-state index in [2.05, 4.69) is 15.2 Å². The molecule has 0 atom stereocenters. The van der Waals surface area contributed by atoms with E-state index in [1.807, 2.05) is 18.2 Å². The molecule has 0 saturated heterocycles. The monoisotopic (exact) mass is 411 g/mol. The van der Waals surface area contributed by atoms with Gasteiger partial charge in [0.05, 0.1) is 23.3 Å². The van der Waals surface area contributed by atoms with E-state index in [1.165, 1.54) is 24.4 Å². The van der Waals surface area contributed by atoms with Crippen molar-refractivity contribution in [2.24, 2.45) is 0 Å². The third kappa shape index (κ3) is 4.96.